The van der Waals surface area contributed by atoms with Gasteiger partial charge in [-0.2, -0.15) is 9.78 Å². The van der Waals surface area contributed by atoms with Crippen molar-refractivity contribution >= 4 is 11.6 Å². The van der Waals surface area contributed by atoms with Gasteiger partial charge in [0.1, 0.15) is 11.5 Å². The predicted molar refractivity (Wildman–Crippen MR) is 109 cm³/mol. The van der Waals surface area contributed by atoms with Crippen molar-refractivity contribution in [1.29, 1.82) is 0 Å². The summed E-state index contributed by atoms with van der Waals surface area (Å²) in [6.45, 7) is 5.65. The van der Waals surface area contributed by atoms with E-state index in [2.05, 4.69) is 25.9 Å². The maximum atomic E-state index is 14.3. The van der Waals surface area contributed by atoms with Crippen LogP contribution in [0.25, 0.3) is 11.4 Å². The highest BCUT2D eigenvalue weighted by atomic mass is 19.1. The first-order chi connectivity index (χ1) is 14.5. The van der Waals surface area contributed by atoms with Gasteiger partial charge in [-0.3, -0.25) is 4.79 Å². The van der Waals surface area contributed by atoms with Gasteiger partial charge in [-0.25, -0.2) is 9.07 Å². The van der Waals surface area contributed by atoms with E-state index in [4.69, 9.17) is 0 Å². The van der Waals surface area contributed by atoms with Gasteiger partial charge in [-0.1, -0.05) is 24.6 Å². The molecule has 0 aliphatic carbocycles. The number of carbonyl (C=O) groups excluding carboxylic acids is 1. The van der Waals surface area contributed by atoms with Crippen molar-refractivity contribution in [2.75, 3.05) is 5.32 Å². The maximum absolute atomic E-state index is 14.3. The number of anilines is 1. The van der Waals surface area contributed by atoms with Crippen LogP contribution in [0.1, 0.15) is 34.4 Å². The van der Waals surface area contributed by atoms with Crippen molar-refractivity contribution in [1.82, 2.24) is 30.0 Å². The van der Waals surface area contributed by atoms with E-state index in [-0.39, 0.29) is 11.6 Å². The monoisotopic (exact) mass is 405 g/mol. The quantitative estimate of drug-likeness (QED) is 0.549. The fourth-order valence-corrected chi connectivity index (χ4v) is 3.22. The third-order valence-electron chi connectivity index (χ3n) is 4.78. The third kappa shape index (κ3) is 3.57. The summed E-state index contributed by atoms with van der Waals surface area (Å²) in [4.78, 5) is 12.9. The van der Waals surface area contributed by atoms with E-state index in [0.29, 0.717) is 23.5 Å². The highest BCUT2D eigenvalue weighted by Crippen LogP contribution is 2.21. The number of tetrazole rings is 1. The summed E-state index contributed by atoms with van der Waals surface area (Å²) in [6, 6.07) is 12.2. The van der Waals surface area contributed by atoms with Crippen LogP contribution in [0.15, 0.2) is 48.7 Å². The smallest absolute Gasteiger partial charge is 0.259 e. The second-order valence-corrected chi connectivity index (χ2v) is 6.86. The highest BCUT2D eigenvalue weighted by Gasteiger charge is 2.18. The van der Waals surface area contributed by atoms with Crippen LogP contribution in [0.3, 0.4) is 0 Å². The zero-order valence-electron chi connectivity index (χ0n) is 16.8. The number of aromatic nitrogens is 6. The number of halogens is 1. The van der Waals surface area contributed by atoms with Crippen LogP contribution in [-0.4, -0.2) is 35.9 Å². The molecule has 9 heteroatoms. The van der Waals surface area contributed by atoms with Gasteiger partial charge in [0, 0.05) is 5.69 Å². The first kappa shape index (κ1) is 19.4. The lowest BCUT2D eigenvalue weighted by Gasteiger charge is -2.10. The summed E-state index contributed by atoms with van der Waals surface area (Å²) in [7, 11) is 0. The molecule has 0 aliphatic heterocycles. The molecule has 0 saturated carbocycles. The average molecular weight is 405 g/mol. The minimum Gasteiger partial charge on any atom is -0.322 e. The molecule has 0 saturated heterocycles. The number of nitrogens with zero attached hydrogens (tertiary/aromatic N) is 6. The predicted octanol–water partition coefficient (Wildman–Crippen LogP) is 3.42. The van der Waals surface area contributed by atoms with Crippen LogP contribution in [0.2, 0.25) is 0 Å². The molecule has 4 aromatic rings. The Bertz CT molecular complexity index is 1210. The molecule has 0 fully saturated rings. The molecular weight excluding hydrogens is 385 g/mol. The number of rotatable bonds is 5. The minimum absolute atomic E-state index is 0.154. The molecular formula is C21H20FN7O. The second kappa shape index (κ2) is 7.86. The molecule has 152 valence electrons. The third-order valence-corrected chi connectivity index (χ3v) is 4.78. The van der Waals surface area contributed by atoms with E-state index in [0.717, 1.165) is 16.9 Å². The van der Waals surface area contributed by atoms with Gasteiger partial charge in [0.05, 0.1) is 23.1 Å². The van der Waals surface area contributed by atoms with Crippen LogP contribution < -0.4 is 5.32 Å². The molecule has 4 rings (SSSR count). The largest absolute Gasteiger partial charge is 0.322 e. The number of hydrogen-bond acceptors (Lipinski definition) is 5. The first-order valence-electron chi connectivity index (χ1n) is 9.48. The van der Waals surface area contributed by atoms with Gasteiger partial charge in [-0.05, 0) is 61.0 Å². The van der Waals surface area contributed by atoms with Crippen molar-refractivity contribution in [2.24, 2.45) is 0 Å². The normalized spacial score (nSPS) is 10.9. The summed E-state index contributed by atoms with van der Waals surface area (Å²) in [5.74, 6) is -0.383. The Morgan fingerprint density at radius 1 is 1.10 bits per heavy atom. The molecule has 0 unspecified atom stereocenters. The number of hydrogen-bond donors (Lipinski definition) is 1. The van der Waals surface area contributed by atoms with Crippen LogP contribution >= 0.6 is 0 Å². The lowest BCUT2D eigenvalue weighted by Crippen LogP contribution is -2.15. The van der Waals surface area contributed by atoms with Crippen molar-refractivity contribution < 1.29 is 9.18 Å². The zero-order chi connectivity index (χ0) is 21.3. The fraction of sp³-hybridized carbons (Fsp3) is 0.190. The SMILES string of the molecule is CCc1c(C(=O)Nc2ccc(F)c(-n3nnnc3C)c2)cnn1-c1ccc(C)cc1. The van der Waals surface area contributed by atoms with Crippen LogP contribution in [0.4, 0.5) is 10.1 Å². The van der Waals surface area contributed by atoms with Gasteiger partial charge in [0.25, 0.3) is 5.91 Å². The molecule has 0 bridgehead atoms. The maximum Gasteiger partial charge on any atom is 0.259 e. The Labute approximate surface area is 172 Å². The standard InChI is InChI=1S/C21H20FN7O/c1-4-19-17(12-23-29(19)16-8-5-13(2)6-9-16)21(30)24-15-7-10-18(22)20(11-15)28-14(3)25-26-27-28/h5-12H,4H2,1-3H3,(H,24,30). The topological polar surface area (TPSA) is 90.5 Å². The lowest BCUT2D eigenvalue weighted by molar-refractivity contribution is 0.102. The van der Waals surface area contributed by atoms with Crippen molar-refractivity contribution in [3.63, 3.8) is 0 Å². The van der Waals surface area contributed by atoms with Gasteiger partial charge < -0.3 is 5.32 Å². The van der Waals surface area contributed by atoms with E-state index in [1.807, 2.05) is 38.1 Å². The summed E-state index contributed by atoms with van der Waals surface area (Å²) in [5.41, 5.74) is 3.86. The Morgan fingerprint density at radius 2 is 1.87 bits per heavy atom. The molecule has 8 nitrogen and oxygen atoms in total. The molecule has 30 heavy (non-hydrogen) atoms. The second-order valence-electron chi connectivity index (χ2n) is 6.86. The molecule has 0 spiro atoms. The van der Waals surface area contributed by atoms with Crippen LogP contribution in [0.5, 0.6) is 0 Å². The lowest BCUT2D eigenvalue weighted by atomic mass is 10.1. The number of amides is 1. The molecule has 2 aromatic carbocycles. The van der Waals surface area contributed by atoms with Gasteiger partial charge in [0.2, 0.25) is 0 Å². The van der Waals surface area contributed by atoms with E-state index in [9.17, 15) is 9.18 Å². The molecule has 1 amide bonds. The highest BCUT2D eigenvalue weighted by molar-refractivity contribution is 6.05. The first-order valence-corrected chi connectivity index (χ1v) is 9.48. The van der Waals surface area contributed by atoms with Crippen molar-refractivity contribution in [2.45, 2.75) is 27.2 Å². The summed E-state index contributed by atoms with van der Waals surface area (Å²) >= 11 is 0. The fourth-order valence-electron chi connectivity index (χ4n) is 3.22. The van der Waals surface area contributed by atoms with Gasteiger partial charge in [-0.15, -0.1) is 5.10 Å². The number of nitrogens with one attached hydrogen (secondary N) is 1. The molecule has 0 atom stereocenters. The van der Waals surface area contributed by atoms with Crippen molar-refractivity contribution in [3.05, 3.63) is 77.1 Å². The van der Waals surface area contributed by atoms with Crippen LogP contribution in [-0.2, 0) is 6.42 Å². The van der Waals surface area contributed by atoms with Crippen molar-refractivity contribution in [3.8, 4) is 11.4 Å². The molecule has 0 aliphatic rings. The Kier molecular flexibility index (Phi) is 5.09. The van der Waals surface area contributed by atoms with E-state index in [1.165, 1.54) is 22.9 Å². The van der Waals surface area contributed by atoms with E-state index < -0.39 is 5.82 Å². The summed E-state index contributed by atoms with van der Waals surface area (Å²) in [5, 5.41) is 18.3. The van der Waals surface area contributed by atoms with Gasteiger partial charge in [0.15, 0.2) is 5.82 Å². The summed E-state index contributed by atoms with van der Waals surface area (Å²) < 4.78 is 17.3. The van der Waals surface area contributed by atoms with Crippen LogP contribution in [0, 0.1) is 19.7 Å². The van der Waals surface area contributed by atoms with E-state index in [1.54, 1.807) is 17.8 Å². The molecule has 1 N–H and O–H groups in total. The Hall–Kier alpha value is -3.88. The number of carbonyl (C=O) groups is 1. The number of aryl methyl sites for hydroxylation is 2. The molecule has 2 aromatic heterocycles. The average Bonchev–Trinajstić information content (AvgIpc) is 3.36. The summed E-state index contributed by atoms with van der Waals surface area (Å²) in [6.07, 6.45) is 2.17. The Morgan fingerprint density at radius 3 is 2.53 bits per heavy atom. The minimum atomic E-state index is -0.496. The van der Waals surface area contributed by atoms with Gasteiger partial charge >= 0.3 is 0 Å². The number of benzene rings is 2. The molecule has 2 heterocycles. The Balaban J connectivity index is 1.64. The zero-order valence-corrected chi connectivity index (χ0v) is 16.8. The van der Waals surface area contributed by atoms with E-state index >= 15 is 0 Å². The molecule has 0 radical (unpaired) electrons.